The highest BCUT2D eigenvalue weighted by Crippen LogP contribution is 2.43. The summed E-state index contributed by atoms with van der Waals surface area (Å²) in [5, 5.41) is 5.61. The number of pyridine rings is 1. The molecular weight excluding hydrogens is 434 g/mol. The van der Waals surface area contributed by atoms with Gasteiger partial charge in [-0.2, -0.15) is 0 Å². The zero-order valence-corrected chi connectivity index (χ0v) is 20.4. The predicted octanol–water partition coefficient (Wildman–Crippen LogP) is 4.98. The third-order valence-corrected chi connectivity index (χ3v) is 8.09. The number of nitrogens with zero attached hydrogens (tertiary/aromatic N) is 1. The van der Waals surface area contributed by atoms with Gasteiger partial charge >= 0.3 is 0 Å². The van der Waals surface area contributed by atoms with Gasteiger partial charge in [-0.1, -0.05) is 91.1 Å². The monoisotopic (exact) mass is 463 g/mol. The average Bonchev–Trinajstić information content (AvgIpc) is 2.96. The lowest BCUT2D eigenvalue weighted by molar-refractivity contribution is 0.681. The molecule has 0 amide bonds. The predicted molar refractivity (Wildman–Crippen MR) is 150 cm³/mol. The molecule has 0 bridgehead atoms. The molecule has 1 heterocycles. The lowest BCUT2D eigenvalue weighted by atomic mass is 9.68. The van der Waals surface area contributed by atoms with Gasteiger partial charge in [-0.25, -0.2) is 0 Å². The first-order valence-electron chi connectivity index (χ1n) is 13.2. The molecule has 1 nitrogen and oxygen atoms in total. The van der Waals surface area contributed by atoms with Crippen molar-refractivity contribution in [1.82, 2.24) is 4.98 Å². The average molecular weight is 464 g/mol. The molecular formula is C35H29N. The molecule has 2 unspecified atom stereocenters. The van der Waals surface area contributed by atoms with Crippen LogP contribution in [0.4, 0.5) is 0 Å². The number of hydrogen-bond donors (Lipinski definition) is 0. The zero-order valence-electron chi connectivity index (χ0n) is 20.4. The summed E-state index contributed by atoms with van der Waals surface area (Å²) in [6.45, 7) is 0. The van der Waals surface area contributed by atoms with Crippen molar-refractivity contribution in [3.05, 3.63) is 142 Å². The number of aromatic nitrogens is 1. The SMILES string of the molecule is C1=CC2C(C3=CC(c4ccccn4)=CCC3)=c3ccccc3=C(C3=c4ccccc4=CCC3)C2C=C1. The van der Waals surface area contributed by atoms with Crippen molar-refractivity contribution >= 4 is 28.4 Å². The van der Waals surface area contributed by atoms with Gasteiger partial charge in [0.25, 0.3) is 0 Å². The topological polar surface area (TPSA) is 12.9 Å². The molecule has 0 N–H and O–H groups in total. The van der Waals surface area contributed by atoms with Gasteiger partial charge in [-0.3, -0.25) is 4.98 Å². The van der Waals surface area contributed by atoms with E-state index in [0.717, 1.165) is 31.4 Å². The number of allylic oxidation sites excluding steroid dienone is 8. The van der Waals surface area contributed by atoms with Crippen LogP contribution in [0.15, 0.2) is 115 Å². The van der Waals surface area contributed by atoms with Crippen LogP contribution >= 0.6 is 0 Å². The molecule has 1 heteroatoms. The van der Waals surface area contributed by atoms with Crippen molar-refractivity contribution in [1.29, 1.82) is 0 Å². The van der Waals surface area contributed by atoms with Crippen molar-refractivity contribution in [2.45, 2.75) is 25.7 Å². The van der Waals surface area contributed by atoms with Crippen molar-refractivity contribution in [2.24, 2.45) is 11.8 Å². The summed E-state index contributed by atoms with van der Waals surface area (Å²) < 4.78 is 0. The molecule has 3 aromatic rings. The summed E-state index contributed by atoms with van der Waals surface area (Å²) in [7, 11) is 0. The third kappa shape index (κ3) is 3.50. The second-order valence-corrected chi connectivity index (χ2v) is 10.1. The largest absolute Gasteiger partial charge is 0.256 e. The Hall–Kier alpha value is -3.97. The van der Waals surface area contributed by atoms with Crippen molar-refractivity contribution in [3.8, 4) is 0 Å². The molecule has 1 aromatic heterocycles. The van der Waals surface area contributed by atoms with E-state index in [2.05, 4.69) is 108 Å². The van der Waals surface area contributed by atoms with Gasteiger partial charge in [0, 0.05) is 18.0 Å². The van der Waals surface area contributed by atoms with Gasteiger partial charge in [0.05, 0.1) is 5.69 Å². The normalized spacial score (nSPS) is 22.2. The van der Waals surface area contributed by atoms with Crippen molar-refractivity contribution in [3.63, 3.8) is 0 Å². The maximum atomic E-state index is 4.64. The van der Waals surface area contributed by atoms with E-state index in [-0.39, 0.29) is 0 Å². The van der Waals surface area contributed by atoms with Crippen LogP contribution in [0.5, 0.6) is 0 Å². The molecule has 36 heavy (non-hydrogen) atoms. The Balaban J connectivity index is 1.54. The number of fused-ring (bicyclic) bond motifs is 3. The summed E-state index contributed by atoms with van der Waals surface area (Å²) in [6.07, 6.45) is 22.8. The molecule has 0 spiro atoms. The Morgan fingerprint density at radius 3 is 2.14 bits per heavy atom. The first kappa shape index (κ1) is 21.3. The molecule has 0 radical (unpaired) electrons. The van der Waals surface area contributed by atoms with E-state index >= 15 is 0 Å². The van der Waals surface area contributed by atoms with Crippen molar-refractivity contribution in [2.75, 3.05) is 0 Å². The minimum absolute atomic E-state index is 0.347. The fourth-order valence-electron chi connectivity index (χ4n) is 6.58. The highest BCUT2D eigenvalue weighted by Gasteiger charge is 2.33. The Morgan fingerprint density at radius 1 is 0.639 bits per heavy atom. The van der Waals surface area contributed by atoms with E-state index < -0.39 is 0 Å². The molecule has 0 aliphatic heterocycles. The van der Waals surface area contributed by atoms with Crippen LogP contribution < -0.4 is 20.9 Å². The molecule has 0 saturated carbocycles. The van der Waals surface area contributed by atoms with E-state index in [1.54, 1.807) is 0 Å². The molecule has 174 valence electrons. The Morgan fingerprint density at radius 2 is 1.33 bits per heavy atom. The second-order valence-electron chi connectivity index (χ2n) is 10.1. The highest BCUT2D eigenvalue weighted by molar-refractivity contribution is 5.95. The molecule has 0 saturated heterocycles. The first-order valence-corrected chi connectivity index (χ1v) is 13.2. The van der Waals surface area contributed by atoms with Gasteiger partial charge in [0.15, 0.2) is 0 Å². The quantitative estimate of drug-likeness (QED) is 0.534. The van der Waals surface area contributed by atoms with E-state index in [0.29, 0.717) is 11.8 Å². The van der Waals surface area contributed by atoms with Crippen LogP contribution in [0.1, 0.15) is 31.4 Å². The van der Waals surface area contributed by atoms with Crippen LogP contribution in [0.3, 0.4) is 0 Å². The van der Waals surface area contributed by atoms with Crippen molar-refractivity contribution < 1.29 is 0 Å². The van der Waals surface area contributed by atoms with E-state index in [4.69, 9.17) is 0 Å². The Labute approximate surface area is 212 Å². The van der Waals surface area contributed by atoms with Crippen LogP contribution in [0, 0.1) is 11.8 Å². The molecule has 2 atom stereocenters. The minimum Gasteiger partial charge on any atom is -0.256 e. The third-order valence-electron chi connectivity index (χ3n) is 8.09. The van der Waals surface area contributed by atoms with E-state index in [1.165, 1.54) is 48.7 Å². The fourth-order valence-corrected chi connectivity index (χ4v) is 6.58. The van der Waals surface area contributed by atoms with Crippen LogP contribution in [-0.2, 0) is 0 Å². The summed E-state index contributed by atoms with van der Waals surface area (Å²) in [6, 6.07) is 24.3. The minimum atomic E-state index is 0.347. The van der Waals surface area contributed by atoms with Crippen LogP contribution in [0.25, 0.3) is 28.4 Å². The molecule has 2 aromatic carbocycles. The Kier molecular flexibility index (Phi) is 5.28. The van der Waals surface area contributed by atoms with E-state index in [9.17, 15) is 0 Å². The zero-order chi connectivity index (χ0) is 23.9. The fraction of sp³-hybridized carbons (Fsp3) is 0.171. The van der Waals surface area contributed by atoms with Gasteiger partial charge in [0.2, 0.25) is 0 Å². The summed E-state index contributed by atoms with van der Waals surface area (Å²) in [5.74, 6) is 0.700. The van der Waals surface area contributed by atoms with Gasteiger partial charge < -0.3 is 0 Å². The first-order chi connectivity index (χ1) is 17.9. The smallest absolute Gasteiger partial charge is 0.0698 e. The number of hydrogen-bond acceptors (Lipinski definition) is 1. The maximum Gasteiger partial charge on any atom is 0.0698 e. The summed E-state index contributed by atoms with van der Waals surface area (Å²) in [5.41, 5.74) is 8.32. The lowest BCUT2D eigenvalue weighted by Crippen LogP contribution is -2.42. The maximum absolute atomic E-state index is 4.64. The van der Waals surface area contributed by atoms with Crippen LogP contribution in [0.2, 0.25) is 0 Å². The standard InChI is InChI=1S/C35H29N/c1-2-15-27-24(11-1)12-10-20-28(27)35-31-18-5-3-16-29(31)34(30-17-4-6-19-32(30)35)26-14-9-13-25(23-26)33-21-7-8-22-36-33/h1-8,11-13,15-19,21-23,29,31H,9-10,14,20H2. The highest BCUT2D eigenvalue weighted by atomic mass is 14.7. The van der Waals surface area contributed by atoms with Gasteiger partial charge in [-0.15, -0.1) is 0 Å². The molecule has 4 aliphatic carbocycles. The molecule has 0 fully saturated rings. The van der Waals surface area contributed by atoms with Crippen LogP contribution in [-0.4, -0.2) is 4.98 Å². The number of rotatable bonds is 3. The van der Waals surface area contributed by atoms with Gasteiger partial charge in [-0.05, 0) is 92.6 Å². The van der Waals surface area contributed by atoms with E-state index in [1.807, 2.05) is 12.3 Å². The Bertz CT molecular complexity index is 1730. The summed E-state index contributed by atoms with van der Waals surface area (Å²) in [4.78, 5) is 4.64. The second kappa shape index (κ2) is 8.91. The van der Waals surface area contributed by atoms with Gasteiger partial charge in [0.1, 0.15) is 0 Å². The number of benzene rings is 2. The summed E-state index contributed by atoms with van der Waals surface area (Å²) >= 11 is 0. The molecule has 4 aliphatic rings. The lowest BCUT2D eigenvalue weighted by Gasteiger charge is -2.36. The molecule has 7 rings (SSSR count).